The summed E-state index contributed by atoms with van der Waals surface area (Å²) in [5, 5.41) is 2.75. The van der Waals surface area contributed by atoms with Gasteiger partial charge >= 0.3 is 0 Å². The lowest BCUT2D eigenvalue weighted by molar-refractivity contribution is 0.451. The van der Waals surface area contributed by atoms with Crippen molar-refractivity contribution in [2.24, 2.45) is 0 Å². The number of aromatic nitrogens is 2. The van der Waals surface area contributed by atoms with Gasteiger partial charge in [0.2, 0.25) is 5.88 Å². The number of imidazole rings is 1. The molecule has 0 amide bonds. The molecule has 0 saturated carbocycles. The molecule has 5 heteroatoms. The van der Waals surface area contributed by atoms with Gasteiger partial charge in [-0.1, -0.05) is 48.0 Å². The van der Waals surface area contributed by atoms with Gasteiger partial charge in [0, 0.05) is 16.9 Å². The lowest BCUT2D eigenvalue weighted by Crippen LogP contribution is -1.97. The first-order valence-electron chi connectivity index (χ1n) is 7.01. The van der Waals surface area contributed by atoms with Crippen LogP contribution in [-0.4, -0.2) is 9.38 Å². The second-order valence-corrected chi connectivity index (χ2v) is 6.44. The van der Waals surface area contributed by atoms with Crippen molar-refractivity contribution >= 4 is 32.2 Å². The molecule has 0 bridgehead atoms. The van der Waals surface area contributed by atoms with Gasteiger partial charge in [-0.15, -0.1) is 11.3 Å². The van der Waals surface area contributed by atoms with Gasteiger partial charge in [0.05, 0.1) is 5.69 Å². The van der Waals surface area contributed by atoms with Gasteiger partial charge < -0.3 is 4.74 Å². The molecule has 3 rings (SSSR count). The van der Waals surface area contributed by atoms with E-state index >= 15 is 0 Å². The molecule has 21 heavy (non-hydrogen) atoms. The molecular formula is C16H17BrN2OS. The van der Waals surface area contributed by atoms with E-state index in [1.165, 1.54) is 5.56 Å². The number of rotatable bonds is 5. The van der Waals surface area contributed by atoms with Gasteiger partial charge in [0.15, 0.2) is 4.96 Å². The first-order chi connectivity index (χ1) is 10.2. The molecule has 1 aromatic carbocycles. The number of para-hydroxylation sites is 1. The fraction of sp³-hybridized carbons (Fsp3) is 0.312. The van der Waals surface area contributed by atoms with Gasteiger partial charge in [-0.2, -0.15) is 4.98 Å². The Morgan fingerprint density at radius 1 is 1.38 bits per heavy atom. The minimum atomic E-state index is 0.470. The second kappa shape index (κ2) is 6.20. The number of hydrogen-bond acceptors (Lipinski definition) is 3. The van der Waals surface area contributed by atoms with E-state index in [9.17, 15) is 0 Å². The van der Waals surface area contributed by atoms with Gasteiger partial charge in [-0.3, -0.25) is 4.40 Å². The zero-order valence-electron chi connectivity index (χ0n) is 12.0. The van der Waals surface area contributed by atoms with Gasteiger partial charge in [-0.05, 0) is 24.0 Å². The highest BCUT2D eigenvalue weighted by atomic mass is 79.9. The number of fused-ring (bicyclic) bond motifs is 1. The SMILES string of the molecule is CCC(C)c1ccccc1Oc1nc2sccn2c1CBr. The van der Waals surface area contributed by atoms with Crippen LogP contribution in [0.25, 0.3) is 4.96 Å². The summed E-state index contributed by atoms with van der Waals surface area (Å²) in [6.45, 7) is 4.41. The van der Waals surface area contributed by atoms with E-state index in [1.807, 2.05) is 23.7 Å². The molecule has 0 N–H and O–H groups in total. The summed E-state index contributed by atoms with van der Waals surface area (Å²) in [7, 11) is 0. The molecule has 0 radical (unpaired) electrons. The number of nitrogens with zero attached hydrogens (tertiary/aromatic N) is 2. The topological polar surface area (TPSA) is 26.5 Å². The number of benzene rings is 1. The van der Waals surface area contributed by atoms with E-state index in [4.69, 9.17) is 4.74 Å². The third kappa shape index (κ3) is 2.72. The van der Waals surface area contributed by atoms with Crippen LogP contribution in [-0.2, 0) is 5.33 Å². The highest BCUT2D eigenvalue weighted by Crippen LogP contribution is 2.34. The van der Waals surface area contributed by atoms with Gasteiger partial charge in [0.1, 0.15) is 5.75 Å². The lowest BCUT2D eigenvalue weighted by atomic mass is 9.98. The molecule has 2 aromatic heterocycles. The Hall–Kier alpha value is -1.33. The fourth-order valence-corrected chi connectivity index (χ4v) is 3.56. The first-order valence-corrected chi connectivity index (χ1v) is 9.01. The van der Waals surface area contributed by atoms with E-state index in [0.29, 0.717) is 17.1 Å². The largest absolute Gasteiger partial charge is 0.437 e. The van der Waals surface area contributed by atoms with Crippen LogP contribution in [0.4, 0.5) is 0 Å². The Morgan fingerprint density at radius 2 is 2.19 bits per heavy atom. The van der Waals surface area contributed by atoms with Crippen molar-refractivity contribution in [1.29, 1.82) is 0 Å². The Bertz CT molecular complexity index is 750. The van der Waals surface area contributed by atoms with Crippen LogP contribution in [0.2, 0.25) is 0 Å². The molecule has 1 atom stereocenters. The lowest BCUT2D eigenvalue weighted by Gasteiger charge is -2.14. The average molecular weight is 365 g/mol. The average Bonchev–Trinajstić information content (AvgIpc) is 3.07. The molecule has 3 aromatic rings. The maximum Gasteiger partial charge on any atom is 0.243 e. The van der Waals surface area contributed by atoms with E-state index in [2.05, 4.69) is 51.3 Å². The maximum atomic E-state index is 6.14. The Kier molecular flexibility index (Phi) is 4.31. The van der Waals surface area contributed by atoms with Crippen molar-refractivity contribution in [2.75, 3.05) is 0 Å². The van der Waals surface area contributed by atoms with Crippen LogP contribution >= 0.6 is 27.3 Å². The van der Waals surface area contributed by atoms with E-state index < -0.39 is 0 Å². The van der Waals surface area contributed by atoms with Crippen LogP contribution in [0.1, 0.15) is 37.4 Å². The van der Waals surface area contributed by atoms with Crippen LogP contribution < -0.4 is 4.74 Å². The predicted molar refractivity (Wildman–Crippen MR) is 90.9 cm³/mol. The zero-order valence-corrected chi connectivity index (χ0v) is 14.4. The summed E-state index contributed by atoms with van der Waals surface area (Å²) in [5.41, 5.74) is 2.28. The molecule has 2 heterocycles. The normalized spacial score (nSPS) is 12.7. The minimum Gasteiger partial charge on any atom is -0.437 e. The molecule has 0 aliphatic carbocycles. The molecule has 110 valence electrons. The second-order valence-electron chi connectivity index (χ2n) is 5.00. The van der Waals surface area contributed by atoms with Gasteiger partial charge in [0.25, 0.3) is 0 Å². The summed E-state index contributed by atoms with van der Waals surface area (Å²) in [4.78, 5) is 5.55. The van der Waals surface area contributed by atoms with Crippen molar-refractivity contribution in [3.63, 3.8) is 0 Å². The Balaban J connectivity index is 2.00. The molecule has 0 aliphatic heterocycles. The van der Waals surface area contributed by atoms with Crippen LogP contribution in [0.3, 0.4) is 0 Å². The molecule has 0 fully saturated rings. The zero-order chi connectivity index (χ0) is 14.8. The van der Waals surface area contributed by atoms with Crippen molar-refractivity contribution < 1.29 is 4.74 Å². The molecule has 0 aliphatic rings. The number of halogens is 1. The summed E-state index contributed by atoms with van der Waals surface area (Å²) in [5.74, 6) is 2.06. The van der Waals surface area contributed by atoms with Crippen molar-refractivity contribution in [2.45, 2.75) is 31.5 Å². The molecule has 1 unspecified atom stereocenters. The van der Waals surface area contributed by atoms with Gasteiger partial charge in [-0.25, -0.2) is 0 Å². The van der Waals surface area contributed by atoms with Crippen LogP contribution in [0, 0.1) is 0 Å². The van der Waals surface area contributed by atoms with Crippen molar-refractivity contribution in [3.8, 4) is 11.6 Å². The third-order valence-corrected chi connectivity index (χ3v) is 5.01. The number of ether oxygens (including phenoxy) is 1. The molecular weight excluding hydrogens is 348 g/mol. The molecule has 0 spiro atoms. The predicted octanol–water partition coefficient (Wildman–Crippen LogP) is 5.60. The first kappa shape index (κ1) is 14.6. The van der Waals surface area contributed by atoms with E-state index in [0.717, 1.165) is 22.8 Å². The summed E-state index contributed by atoms with van der Waals surface area (Å²) < 4.78 is 8.21. The van der Waals surface area contributed by atoms with E-state index in [-0.39, 0.29) is 0 Å². The quantitative estimate of drug-likeness (QED) is 0.551. The number of thiazole rings is 1. The summed E-state index contributed by atoms with van der Waals surface area (Å²) >= 11 is 5.15. The Morgan fingerprint density at radius 3 is 2.95 bits per heavy atom. The smallest absolute Gasteiger partial charge is 0.243 e. The highest BCUT2D eigenvalue weighted by Gasteiger charge is 2.17. The monoisotopic (exact) mass is 364 g/mol. The Labute approximate surface area is 136 Å². The molecule has 3 nitrogen and oxygen atoms in total. The number of alkyl halides is 1. The third-order valence-electron chi connectivity index (χ3n) is 3.72. The molecule has 0 saturated heterocycles. The highest BCUT2D eigenvalue weighted by molar-refractivity contribution is 9.08. The number of hydrogen-bond donors (Lipinski definition) is 0. The van der Waals surface area contributed by atoms with Crippen LogP contribution in [0.15, 0.2) is 35.8 Å². The minimum absolute atomic E-state index is 0.470. The van der Waals surface area contributed by atoms with E-state index in [1.54, 1.807) is 11.3 Å². The van der Waals surface area contributed by atoms with Crippen LogP contribution in [0.5, 0.6) is 11.6 Å². The standard InChI is InChI=1S/C16H17BrN2OS/c1-3-11(2)12-6-4-5-7-14(12)20-15-13(10-17)19-8-9-21-16(19)18-15/h4-9,11H,3,10H2,1-2H3. The maximum absolute atomic E-state index is 6.14. The fourth-order valence-electron chi connectivity index (χ4n) is 2.32. The summed E-state index contributed by atoms with van der Waals surface area (Å²) in [6, 6.07) is 8.22. The van der Waals surface area contributed by atoms with Crippen molar-refractivity contribution in [1.82, 2.24) is 9.38 Å². The van der Waals surface area contributed by atoms with Crippen molar-refractivity contribution in [3.05, 3.63) is 47.1 Å². The summed E-state index contributed by atoms with van der Waals surface area (Å²) in [6.07, 6.45) is 3.11.